The Morgan fingerprint density at radius 1 is 1.20 bits per heavy atom. The molecule has 1 unspecified atom stereocenters. The molecule has 0 saturated carbocycles. The molecule has 1 atom stereocenters. The number of allylic oxidation sites excluding steroid dienone is 4. The SMILES string of the molecule is CCCCc1nc(O)c(-c2nnc(CC3=CCC(C)C=C3)o2)c(=O)n1-c1c(OC)cccc1OC. The number of aromatic nitrogens is 4. The second-order valence-corrected chi connectivity index (χ2v) is 8.51. The van der Waals surface area contributed by atoms with E-state index < -0.39 is 11.4 Å². The minimum absolute atomic E-state index is 0.0894. The number of aryl methyl sites for hydroxylation is 1. The molecule has 1 aliphatic rings. The lowest BCUT2D eigenvalue weighted by Crippen LogP contribution is -2.26. The van der Waals surface area contributed by atoms with Crippen LogP contribution in [-0.4, -0.2) is 39.1 Å². The van der Waals surface area contributed by atoms with E-state index in [1.807, 2.05) is 13.0 Å². The molecule has 9 nitrogen and oxygen atoms in total. The molecule has 184 valence electrons. The molecular weight excluding hydrogens is 448 g/mol. The van der Waals surface area contributed by atoms with Gasteiger partial charge in [-0.3, -0.25) is 9.36 Å². The van der Waals surface area contributed by atoms with Gasteiger partial charge in [-0.25, -0.2) is 0 Å². The Morgan fingerprint density at radius 3 is 2.57 bits per heavy atom. The smallest absolute Gasteiger partial charge is 0.275 e. The number of unbranched alkanes of at least 4 members (excludes halogenated alkanes) is 1. The first kappa shape index (κ1) is 24.3. The third-order valence-corrected chi connectivity index (χ3v) is 5.94. The molecule has 0 radical (unpaired) electrons. The third-order valence-electron chi connectivity index (χ3n) is 5.94. The van der Waals surface area contributed by atoms with Crippen LogP contribution in [0.1, 0.15) is 44.8 Å². The van der Waals surface area contributed by atoms with Crippen molar-refractivity contribution >= 4 is 0 Å². The molecule has 1 aliphatic carbocycles. The van der Waals surface area contributed by atoms with Crippen molar-refractivity contribution in [3.05, 3.63) is 64.1 Å². The van der Waals surface area contributed by atoms with Crippen molar-refractivity contribution in [2.24, 2.45) is 5.92 Å². The summed E-state index contributed by atoms with van der Waals surface area (Å²) in [7, 11) is 3.03. The van der Waals surface area contributed by atoms with Gasteiger partial charge in [-0.2, -0.15) is 4.98 Å². The van der Waals surface area contributed by atoms with Crippen LogP contribution in [0.3, 0.4) is 0 Å². The highest BCUT2D eigenvalue weighted by Gasteiger charge is 2.26. The molecule has 0 saturated heterocycles. The first-order valence-electron chi connectivity index (χ1n) is 11.7. The van der Waals surface area contributed by atoms with Crippen LogP contribution in [0.15, 0.2) is 51.2 Å². The van der Waals surface area contributed by atoms with Crippen molar-refractivity contribution in [2.45, 2.75) is 46.0 Å². The topological polar surface area (TPSA) is 113 Å². The Balaban J connectivity index is 1.83. The summed E-state index contributed by atoms with van der Waals surface area (Å²) in [6.07, 6.45) is 9.82. The Bertz CT molecular complexity index is 1300. The van der Waals surface area contributed by atoms with Gasteiger partial charge < -0.3 is 19.0 Å². The molecule has 4 rings (SSSR count). The lowest BCUT2D eigenvalue weighted by molar-refractivity contribution is 0.388. The van der Waals surface area contributed by atoms with Gasteiger partial charge in [-0.15, -0.1) is 10.2 Å². The van der Waals surface area contributed by atoms with E-state index in [2.05, 4.69) is 34.3 Å². The molecule has 1 N–H and O–H groups in total. The molecule has 0 spiro atoms. The average molecular weight is 479 g/mol. The number of methoxy groups -OCH3 is 2. The number of hydrogen-bond acceptors (Lipinski definition) is 8. The van der Waals surface area contributed by atoms with E-state index in [4.69, 9.17) is 13.9 Å². The largest absolute Gasteiger partial charge is 0.494 e. The van der Waals surface area contributed by atoms with Crippen LogP contribution < -0.4 is 15.0 Å². The summed E-state index contributed by atoms with van der Waals surface area (Å²) in [5.41, 5.74) is 0.742. The number of ether oxygens (including phenoxy) is 2. The highest BCUT2D eigenvalue weighted by atomic mass is 16.5. The normalized spacial score (nSPS) is 15.2. The number of aromatic hydroxyl groups is 1. The molecule has 2 heterocycles. The fraction of sp³-hybridized carbons (Fsp3) is 0.385. The van der Waals surface area contributed by atoms with Crippen LogP contribution in [0.25, 0.3) is 17.1 Å². The number of rotatable bonds is 9. The van der Waals surface area contributed by atoms with Gasteiger partial charge in [0, 0.05) is 6.42 Å². The number of para-hydroxylation sites is 1. The molecule has 3 aromatic rings. The van der Waals surface area contributed by atoms with Crippen LogP contribution in [0, 0.1) is 5.92 Å². The third kappa shape index (κ3) is 4.99. The average Bonchev–Trinajstić information content (AvgIpc) is 3.31. The van der Waals surface area contributed by atoms with Gasteiger partial charge in [-0.05, 0) is 36.5 Å². The second-order valence-electron chi connectivity index (χ2n) is 8.51. The number of hydrogen-bond donors (Lipinski definition) is 1. The van der Waals surface area contributed by atoms with E-state index in [0.717, 1.165) is 24.8 Å². The van der Waals surface area contributed by atoms with Crippen molar-refractivity contribution in [1.82, 2.24) is 19.7 Å². The Morgan fingerprint density at radius 2 is 1.94 bits per heavy atom. The summed E-state index contributed by atoms with van der Waals surface area (Å²) in [6.45, 7) is 4.19. The Labute approximate surface area is 203 Å². The first-order valence-corrected chi connectivity index (χ1v) is 11.7. The van der Waals surface area contributed by atoms with Crippen LogP contribution in [0.2, 0.25) is 0 Å². The molecule has 0 aliphatic heterocycles. The summed E-state index contributed by atoms with van der Waals surface area (Å²) in [4.78, 5) is 18.2. The lowest BCUT2D eigenvalue weighted by atomic mass is 9.97. The Kier molecular flexibility index (Phi) is 7.33. The van der Waals surface area contributed by atoms with E-state index in [1.54, 1.807) is 18.2 Å². The minimum Gasteiger partial charge on any atom is -0.494 e. The number of benzene rings is 1. The minimum atomic E-state index is -0.549. The van der Waals surface area contributed by atoms with E-state index >= 15 is 0 Å². The lowest BCUT2D eigenvalue weighted by Gasteiger charge is -2.18. The maximum absolute atomic E-state index is 13.8. The zero-order chi connectivity index (χ0) is 24.9. The van der Waals surface area contributed by atoms with Crippen molar-refractivity contribution in [3.63, 3.8) is 0 Å². The van der Waals surface area contributed by atoms with Crippen LogP contribution in [-0.2, 0) is 12.8 Å². The standard InChI is InChI=1S/C26H30N4O5/c1-5-6-10-20-27-24(31)22(25-29-28-21(35-25)15-17-13-11-16(2)12-14-17)26(32)30(20)23-18(33-3)8-7-9-19(23)34-4/h7-9,11,13-14,16,31H,5-6,10,12,15H2,1-4H3. The van der Waals surface area contributed by atoms with Crippen molar-refractivity contribution < 1.29 is 19.0 Å². The molecule has 35 heavy (non-hydrogen) atoms. The maximum Gasteiger partial charge on any atom is 0.275 e. The maximum atomic E-state index is 13.8. The summed E-state index contributed by atoms with van der Waals surface area (Å²) < 4.78 is 18.3. The van der Waals surface area contributed by atoms with Crippen molar-refractivity contribution in [1.29, 1.82) is 0 Å². The predicted octanol–water partition coefficient (Wildman–Crippen LogP) is 4.41. The Hall–Kier alpha value is -3.88. The van der Waals surface area contributed by atoms with Gasteiger partial charge in [0.2, 0.25) is 11.8 Å². The predicted molar refractivity (Wildman–Crippen MR) is 131 cm³/mol. The monoisotopic (exact) mass is 478 g/mol. The molecule has 0 amide bonds. The van der Waals surface area contributed by atoms with E-state index in [-0.39, 0.29) is 11.5 Å². The summed E-state index contributed by atoms with van der Waals surface area (Å²) in [6, 6.07) is 5.24. The quantitative estimate of drug-likeness (QED) is 0.481. The molecule has 0 bridgehead atoms. The summed E-state index contributed by atoms with van der Waals surface area (Å²) >= 11 is 0. The zero-order valence-corrected chi connectivity index (χ0v) is 20.4. The van der Waals surface area contributed by atoms with E-state index in [0.29, 0.717) is 47.7 Å². The van der Waals surface area contributed by atoms with Gasteiger partial charge >= 0.3 is 0 Å². The molecule has 0 fully saturated rings. The molecule has 9 heteroatoms. The van der Waals surface area contributed by atoms with Gasteiger partial charge in [0.1, 0.15) is 23.0 Å². The molecular formula is C26H30N4O5. The van der Waals surface area contributed by atoms with Gasteiger partial charge in [0.15, 0.2) is 5.56 Å². The highest BCUT2D eigenvalue weighted by Crippen LogP contribution is 2.34. The van der Waals surface area contributed by atoms with Crippen molar-refractivity contribution in [3.8, 4) is 34.5 Å². The molecule has 1 aromatic carbocycles. The fourth-order valence-electron chi connectivity index (χ4n) is 4.03. The summed E-state index contributed by atoms with van der Waals surface area (Å²) in [5, 5.41) is 18.9. The van der Waals surface area contributed by atoms with Gasteiger partial charge in [-0.1, -0.05) is 44.6 Å². The van der Waals surface area contributed by atoms with Crippen LogP contribution >= 0.6 is 0 Å². The van der Waals surface area contributed by atoms with Crippen LogP contribution in [0.5, 0.6) is 17.4 Å². The first-order chi connectivity index (χ1) is 17.0. The van der Waals surface area contributed by atoms with Gasteiger partial charge in [0.05, 0.1) is 20.6 Å². The van der Waals surface area contributed by atoms with E-state index in [1.165, 1.54) is 18.8 Å². The molecule has 2 aromatic heterocycles. The second kappa shape index (κ2) is 10.6. The number of nitrogens with zero attached hydrogens (tertiary/aromatic N) is 4. The van der Waals surface area contributed by atoms with Crippen molar-refractivity contribution in [2.75, 3.05) is 14.2 Å². The van der Waals surface area contributed by atoms with Gasteiger partial charge in [0.25, 0.3) is 11.4 Å². The highest BCUT2D eigenvalue weighted by molar-refractivity contribution is 5.63. The van der Waals surface area contributed by atoms with Crippen LogP contribution in [0.4, 0.5) is 0 Å². The van der Waals surface area contributed by atoms with E-state index in [9.17, 15) is 9.90 Å². The zero-order valence-electron chi connectivity index (χ0n) is 20.4. The fourth-order valence-corrected chi connectivity index (χ4v) is 4.03. The summed E-state index contributed by atoms with van der Waals surface area (Å²) in [5.74, 6) is 1.54.